The average molecular weight is 249 g/mol. The number of nitrogens with zero attached hydrogens (tertiary/aromatic N) is 2. The lowest BCUT2D eigenvalue weighted by molar-refractivity contribution is 0.670. The van der Waals surface area contributed by atoms with Gasteiger partial charge in [0.05, 0.1) is 10.8 Å². The van der Waals surface area contributed by atoms with Crippen LogP contribution in [0.1, 0.15) is 5.82 Å². The van der Waals surface area contributed by atoms with Crippen molar-refractivity contribution in [3.8, 4) is 0 Å². The molecule has 2 N–H and O–H groups in total. The molecule has 0 spiro atoms. The van der Waals surface area contributed by atoms with E-state index in [9.17, 15) is 4.21 Å². The van der Waals surface area contributed by atoms with Gasteiger partial charge in [-0.2, -0.15) is 0 Å². The summed E-state index contributed by atoms with van der Waals surface area (Å²) in [5.74, 6) is 1.53. The predicted molar refractivity (Wildman–Crippen MR) is 69.1 cm³/mol. The highest BCUT2D eigenvalue weighted by Gasteiger charge is 2.04. The molecule has 0 fully saturated rings. The van der Waals surface area contributed by atoms with Gasteiger partial charge in [-0.25, -0.2) is 4.98 Å². The van der Waals surface area contributed by atoms with E-state index in [1.807, 2.05) is 29.8 Å². The van der Waals surface area contributed by atoms with Gasteiger partial charge in [0.2, 0.25) is 0 Å². The number of aromatic nitrogens is 2. The maximum atomic E-state index is 12.0. The molecule has 17 heavy (non-hydrogen) atoms. The molecule has 0 aliphatic carbocycles. The Morgan fingerprint density at radius 1 is 1.35 bits per heavy atom. The average Bonchev–Trinajstić information content (AvgIpc) is 2.73. The quantitative estimate of drug-likeness (QED) is 0.837. The van der Waals surface area contributed by atoms with Crippen molar-refractivity contribution in [3.63, 3.8) is 0 Å². The Labute approximate surface area is 103 Å². The van der Waals surface area contributed by atoms with Crippen LogP contribution in [0.2, 0.25) is 0 Å². The van der Waals surface area contributed by atoms with Gasteiger partial charge in [-0.05, 0) is 31.2 Å². The molecule has 1 unspecified atom stereocenters. The Morgan fingerprint density at radius 3 is 2.65 bits per heavy atom. The first-order valence-corrected chi connectivity index (χ1v) is 6.70. The summed E-state index contributed by atoms with van der Waals surface area (Å²) in [6, 6.07) is 7.17. The minimum Gasteiger partial charge on any atom is -0.399 e. The molecule has 0 saturated carbocycles. The first kappa shape index (κ1) is 11.9. The molecular formula is C12H15N3OS. The highest BCUT2D eigenvalue weighted by Crippen LogP contribution is 2.10. The Bertz CT molecular complexity index is 519. The maximum absolute atomic E-state index is 12.0. The first-order valence-electron chi connectivity index (χ1n) is 5.38. The van der Waals surface area contributed by atoms with Crippen LogP contribution >= 0.6 is 0 Å². The fourth-order valence-electron chi connectivity index (χ4n) is 1.56. The van der Waals surface area contributed by atoms with Gasteiger partial charge in [0.1, 0.15) is 5.82 Å². The number of rotatable bonds is 4. The fourth-order valence-corrected chi connectivity index (χ4v) is 2.60. The van der Waals surface area contributed by atoms with Crippen molar-refractivity contribution < 1.29 is 4.21 Å². The molecule has 1 heterocycles. The largest absolute Gasteiger partial charge is 0.399 e. The molecule has 0 bridgehead atoms. The van der Waals surface area contributed by atoms with Crippen LogP contribution in [0.15, 0.2) is 41.6 Å². The van der Waals surface area contributed by atoms with E-state index in [4.69, 9.17) is 5.73 Å². The number of aryl methyl sites for hydroxylation is 2. The summed E-state index contributed by atoms with van der Waals surface area (Å²) in [6.45, 7) is 2.65. The molecule has 4 nitrogen and oxygen atoms in total. The fraction of sp³-hybridized carbons (Fsp3) is 0.250. The number of benzene rings is 1. The van der Waals surface area contributed by atoms with Gasteiger partial charge >= 0.3 is 0 Å². The SMILES string of the molecule is Cc1nccn1CCS(=O)c1ccc(N)cc1. The van der Waals surface area contributed by atoms with Gasteiger partial charge in [0.25, 0.3) is 0 Å². The van der Waals surface area contributed by atoms with E-state index in [1.54, 1.807) is 18.3 Å². The van der Waals surface area contributed by atoms with Crippen LogP contribution in [0.25, 0.3) is 0 Å². The Hall–Kier alpha value is -1.62. The van der Waals surface area contributed by atoms with Crippen LogP contribution < -0.4 is 5.73 Å². The standard InChI is InChI=1S/C12H15N3OS/c1-10-14-6-7-15(10)8-9-17(16)12-4-2-11(13)3-5-12/h2-7H,8-9,13H2,1H3. The van der Waals surface area contributed by atoms with Crippen molar-refractivity contribution in [2.75, 3.05) is 11.5 Å². The summed E-state index contributed by atoms with van der Waals surface area (Å²) < 4.78 is 14.0. The molecule has 1 aromatic heterocycles. The molecular weight excluding hydrogens is 234 g/mol. The third kappa shape index (κ3) is 2.94. The monoisotopic (exact) mass is 249 g/mol. The minimum atomic E-state index is -0.989. The van der Waals surface area contributed by atoms with Gasteiger partial charge in [-0.1, -0.05) is 0 Å². The van der Waals surface area contributed by atoms with Crippen molar-refractivity contribution in [1.82, 2.24) is 9.55 Å². The second kappa shape index (κ2) is 5.14. The molecule has 1 atom stereocenters. The number of imidazole rings is 1. The summed E-state index contributed by atoms with van der Waals surface area (Å²) in [6.07, 6.45) is 3.65. The van der Waals surface area contributed by atoms with Crippen LogP contribution in [-0.4, -0.2) is 19.5 Å². The maximum Gasteiger partial charge on any atom is 0.105 e. The summed E-state index contributed by atoms with van der Waals surface area (Å²) in [5.41, 5.74) is 6.28. The van der Waals surface area contributed by atoms with Crippen LogP contribution in [0.3, 0.4) is 0 Å². The van der Waals surface area contributed by atoms with Crippen molar-refractivity contribution in [2.24, 2.45) is 0 Å². The van der Waals surface area contributed by atoms with Crippen LogP contribution in [0, 0.1) is 6.92 Å². The third-order valence-electron chi connectivity index (χ3n) is 2.58. The molecule has 2 aromatic rings. The molecule has 90 valence electrons. The number of nitrogens with two attached hydrogens (primary N) is 1. The number of nitrogen functional groups attached to an aromatic ring is 1. The Kier molecular flexibility index (Phi) is 3.58. The molecule has 0 amide bonds. The van der Waals surface area contributed by atoms with Crippen LogP contribution in [0.5, 0.6) is 0 Å². The molecule has 5 heteroatoms. The third-order valence-corrected chi connectivity index (χ3v) is 3.94. The van der Waals surface area contributed by atoms with E-state index < -0.39 is 10.8 Å². The van der Waals surface area contributed by atoms with Crippen molar-refractivity contribution in [2.45, 2.75) is 18.4 Å². The lowest BCUT2D eigenvalue weighted by Crippen LogP contribution is -2.08. The zero-order chi connectivity index (χ0) is 12.3. The van der Waals surface area contributed by atoms with Crippen molar-refractivity contribution in [1.29, 1.82) is 0 Å². The predicted octanol–water partition coefficient (Wildman–Crippen LogP) is 1.58. The van der Waals surface area contributed by atoms with Gasteiger partial charge in [-0.15, -0.1) is 0 Å². The molecule has 2 rings (SSSR count). The first-order chi connectivity index (χ1) is 8.16. The van der Waals surface area contributed by atoms with E-state index in [-0.39, 0.29) is 0 Å². The van der Waals surface area contributed by atoms with E-state index >= 15 is 0 Å². The normalized spacial score (nSPS) is 12.5. The highest BCUT2D eigenvalue weighted by atomic mass is 32.2. The lowest BCUT2D eigenvalue weighted by Gasteiger charge is -2.05. The van der Waals surface area contributed by atoms with Crippen molar-refractivity contribution in [3.05, 3.63) is 42.5 Å². The zero-order valence-electron chi connectivity index (χ0n) is 9.67. The molecule has 0 aliphatic heterocycles. The van der Waals surface area contributed by atoms with E-state index in [1.165, 1.54) is 0 Å². The van der Waals surface area contributed by atoms with Gasteiger partial charge < -0.3 is 10.3 Å². The summed E-state index contributed by atoms with van der Waals surface area (Å²) >= 11 is 0. The lowest BCUT2D eigenvalue weighted by atomic mass is 10.3. The summed E-state index contributed by atoms with van der Waals surface area (Å²) in [4.78, 5) is 4.94. The Balaban J connectivity index is 1.98. The molecule has 0 radical (unpaired) electrons. The summed E-state index contributed by atoms with van der Waals surface area (Å²) in [7, 11) is -0.989. The number of anilines is 1. The van der Waals surface area contributed by atoms with Gasteiger partial charge in [0, 0.05) is 35.3 Å². The minimum absolute atomic E-state index is 0.584. The van der Waals surface area contributed by atoms with Gasteiger partial charge in [-0.3, -0.25) is 4.21 Å². The van der Waals surface area contributed by atoms with E-state index in [0.29, 0.717) is 18.0 Å². The number of hydrogen-bond donors (Lipinski definition) is 1. The van der Waals surface area contributed by atoms with Crippen molar-refractivity contribution >= 4 is 16.5 Å². The topological polar surface area (TPSA) is 60.9 Å². The highest BCUT2D eigenvalue weighted by molar-refractivity contribution is 7.85. The van der Waals surface area contributed by atoms with Crippen LogP contribution in [0.4, 0.5) is 5.69 Å². The zero-order valence-corrected chi connectivity index (χ0v) is 10.5. The second-order valence-electron chi connectivity index (χ2n) is 3.79. The Morgan fingerprint density at radius 2 is 2.06 bits per heavy atom. The molecule has 0 aliphatic rings. The van der Waals surface area contributed by atoms with Gasteiger partial charge in [0.15, 0.2) is 0 Å². The summed E-state index contributed by atoms with van der Waals surface area (Å²) in [5, 5.41) is 0. The second-order valence-corrected chi connectivity index (χ2v) is 5.36. The molecule has 1 aromatic carbocycles. The van der Waals surface area contributed by atoms with E-state index in [0.717, 1.165) is 10.7 Å². The number of hydrogen-bond acceptors (Lipinski definition) is 3. The van der Waals surface area contributed by atoms with Crippen LogP contribution in [-0.2, 0) is 17.3 Å². The van der Waals surface area contributed by atoms with E-state index in [2.05, 4.69) is 4.98 Å². The smallest absolute Gasteiger partial charge is 0.105 e. The molecule has 0 saturated heterocycles.